The minimum atomic E-state index is -0.749. The number of likely N-dealkylation sites (tertiary alicyclic amines) is 1. The molecule has 1 fully saturated rings. The van der Waals surface area contributed by atoms with Crippen molar-refractivity contribution in [2.75, 3.05) is 6.54 Å². The van der Waals surface area contributed by atoms with Crippen molar-refractivity contribution in [2.24, 2.45) is 0 Å². The summed E-state index contributed by atoms with van der Waals surface area (Å²) in [6.07, 6.45) is 2.46. The first kappa shape index (κ1) is 23.5. The van der Waals surface area contributed by atoms with Crippen molar-refractivity contribution < 1.29 is 19.1 Å². The van der Waals surface area contributed by atoms with Crippen LogP contribution in [-0.2, 0) is 16.0 Å². The molecular formula is C30H27FN2O3. The van der Waals surface area contributed by atoms with Crippen LogP contribution in [0, 0.1) is 5.82 Å². The molecule has 1 aliphatic rings. The fraction of sp³-hybridized carbons (Fsp3) is 0.200. The maximum Gasteiger partial charge on any atom is 0.295 e. The highest BCUT2D eigenvalue weighted by Crippen LogP contribution is 2.40. The third-order valence-corrected chi connectivity index (χ3v) is 6.87. The summed E-state index contributed by atoms with van der Waals surface area (Å²) in [5.41, 5.74) is 4.22. The molecule has 1 atom stereocenters. The molecule has 6 heteroatoms. The largest absolute Gasteiger partial charge is 0.507 e. The number of amides is 1. The fourth-order valence-corrected chi connectivity index (χ4v) is 4.86. The first-order valence-corrected chi connectivity index (χ1v) is 12.0. The van der Waals surface area contributed by atoms with Gasteiger partial charge < -0.3 is 15.0 Å². The molecule has 4 aromatic rings. The SMILES string of the molecule is CC(C)c1ccc(C2C(=C(O)c3ccc(F)cc3)C(=O)C(=O)N2CCc2c[nH]c3ccccc23)cc1. The monoisotopic (exact) mass is 482 g/mol. The molecule has 5 nitrogen and oxygen atoms in total. The molecule has 1 unspecified atom stereocenters. The van der Waals surface area contributed by atoms with E-state index < -0.39 is 23.5 Å². The maximum atomic E-state index is 13.5. The summed E-state index contributed by atoms with van der Waals surface area (Å²) < 4.78 is 13.5. The van der Waals surface area contributed by atoms with E-state index in [0.29, 0.717) is 18.9 Å². The van der Waals surface area contributed by atoms with Gasteiger partial charge >= 0.3 is 0 Å². The summed E-state index contributed by atoms with van der Waals surface area (Å²) in [6, 6.07) is 20.2. The number of hydrogen-bond acceptors (Lipinski definition) is 3. The Labute approximate surface area is 208 Å². The van der Waals surface area contributed by atoms with Crippen molar-refractivity contribution in [3.63, 3.8) is 0 Å². The molecule has 1 saturated heterocycles. The first-order valence-electron chi connectivity index (χ1n) is 12.0. The van der Waals surface area contributed by atoms with Gasteiger partial charge in [-0.15, -0.1) is 0 Å². The minimum Gasteiger partial charge on any atom is -0.507 e. The quantitative estimate of drug-likeness (QED) is 0.198. The Kier molecular flexibility index (Phi) is 6.18. The number of nitrogens with zero attached hydrogens (tertiary/aromatic N) is 1. The molecule has 0 bridgehead atoms. The van der Waals surface area contributed by atoms with E-state index in [0.717, 1.165) is 27.6 Å². The highest BCUT2D eigenvalue weighted by molar-refractivity contribution is 6.46. The third-order valence-electron chi connectivity index (χ3n) is 6.87. The second-order valence-corrected chi connectivity index (χ2v) is 9.43. The number of aromatic amines is 1. The van der Waals surface area contributed by atoms with Crippen LogP contribution in [0.25, 0.3) is 16.7 Å². The van der Waals surface area contributed by atoms with E-state index in [9.17, 15) is 19.1 Å². The Balaban J connectivity index is 1.56. The van der Waals surface area contributed by atoms with E-state index in [2.05, 4.69) is 18.8 Å². The first-order chi connectivity index (χ1) is 17.3. The number of ketones is 1. The lowest BCUT2D eigenvalue weighted by Gasteiger charge is -2.25. The number of carbonyl (C=O) groups excluding carboxylic acids is 2. The molecule has 1 aliphatic heterocycles. The van der Waals surface area contributed by atoms with E-state index in [1.807, 2.05) is 54.7 Å². The third kappa shape index (κ3) is 4.19. The van der Waals surface area contributed by atoms with Crippen molar-refractivity contribution in [1.82, 2.24) is 9.88 Å². The average Bonchev–Trinajstić information content (AvgIpc) is 3.41. The number of aromatic nitrogens is 1. The number of hydrogen-bond donors (Lipinski definition) is 2. The summed E-state index contributed by atoms with van der Waals surface area (Å²) in [7, 11) is 0. The maximum absolute atomic E-state index is 13.5. The van der Waals surface area contributed by atoms with Gasteiger partial charge in [-0.05, 0) is 59.4 Å². The van der Waals surface area contributed by atoms with Crippen LogP contribution in [0.2, 0.25) is 0 Å². The molecule has 0 saturated carbocycles. The average molecular weight is 483 g/mol. The number of nitrogens with one attached hydrogen (secondary N) is 1. The van der Waals surface area contributed by atoms with E-state index in [1.54, 1.807) is 0 Å². The Hall–Kier alpha value is -4.19. The van der Waals surface area contributed by atoms with E-state index in [1.165, 1.54) is 29.2 Å². The van der Waals surface area contributed by atoms with Gasteiger partial charge in [-0.1, -0.05) is 56.3 Å². The molecule has 1 amide bonds. The van der Waals surface area contributed by atoms with Gasteiger partial charge in [0.2, 0.25) is 0 Å². The lowest BCUT2D eigenvalue weighted by molar-refractivity contribution is -0.139. The second-order valence-electron chi connectivity index (χ2n) is 9.43. The molecule has 1 aromatic heterocycles. The van der Waals surface area contributed by atoms with E-state index in [-0.39, 0.29) is 16.9 Å². The Morgan fingerprint density at radius 2 is 1.69 bits per heavy atom. The predicted octanol–water partition coefficient (Wildman–Crippen LogP) is 6.09. The van der Waals surface area contributed by atoms with E-state index in [4.69, 9.17) is 0 Å². The molecular weight excluding hydrogens is 455 g/mol. The van der Waals surface area contributed by atoms with Crippen molar-refractivity contribution in [1.29, 1.82) is 0 Å². The predicted molar refractivity (Wildman–Crippen MR) is 138 cm³/mol. The number of halogens is 1. The van der Waals surface area contributed by atoms with Gasteiger partial charge in [-0.2, -0.15) is 0 Å². The van der Waals surface area contributed by atoms with Crippen LogP contribution >= 0.6 is 0 Å². The normalized spacial score (nSPS) is 17.4. The number of rotatable bonds is 6. The molecule has 0 radical (unpaired) electrons. The number of carbonyl (C=O) groups is 2. The van der Waals surface area contributed by atoms with Crippen LogP contribution in [0.15, 0.2) is 84.6 Å². The minimum absolute atomic E-state index is 0.0165. The van der Waals surface area contributed by atoms with Crippen molar-refractivity contribution in [3.8, 4) is 0 Å². The molecule has 182 valence electrons. The summed E-state index contributed by atoms with van der Waals surface area (Å²) >= 11 is 0. The zero-order valence-corrected chi connectivity index (χ0v) is 20.2. The zero-order chi connectivity index (χ0) is 25.4. The number of para-hydroxylation sites is 1. The van der Waals surface area contributed by atoms with Gasteiger partial charge in [0.15, 0.2) is 0 Å². The number of aliphatic hydroxyl groups is 1. The molecule has 2 heterocycles. The lowest BCUT2D eigenvalue weighted by atomic mass is 9.93. The highest BCUT2D eigenvalue weighted by atomic mass is 19.1. The molecule has 0 spiro atoms. The van der Waals surface area contributed by atoms with Gasteiger partial charge in [0.25, 0.3) is 11.7 Å². The van der Waals surface area contributed by atoms with Crippen LogP contribution in [0.3, 0.4) is 0 Å². The van der Waals surface area contributed by atoms with E-state index >= 15 is 0 Å². The highest BCUT2D eigenvalue weighted by Gasteiger charge is 2.45. The molecule has 2 N–H and O–H groups in total. The molecule has 3 aromatic carbocycles. The molecule has 5 rings (SSSR count). The number of benzene rings is 3. The summed E-state index contributed by atoms with van der Waals surface area (Å²) in [4.78, 5) is 31.3. The van der Waals surface area contributed by atoms with Gasteiger partial charge in [-0.3, -0.25) is 9.59 Å². The van der Waals surface area contributed by atoms with Crippen LogP contribution in [0.4, 0.5) is 4.39 Å². The van der Waals surface area contributed by atoms with Crippen molar-refractivity contribution in [2.45, 2.75) is 32.2 Å². The lowest BCUT2D eigenvalue weighted by Crippen LogP contribution is -2.31. The summed E-state index contributed by atoms with van der Waals surface area (Å²) in [5, 5.41) is 12.2. The topological polar surface area (TPSA) is 73.4 Å². The summed E-state index contributed by atoms with van der Waals surface area (Å²) in [6.45, 7) is 4.48. The van der Waals surface area contributed by atoms with Gasteiger partial charge in [0, 0.05) is 29.2 Å². The Morgan fingerprint density at radius 3 is 2.39 bits per heavy atom. The van der Waals surface area contributed by atoms with Crippen LogP contribution in [0.1, 0.15) is 48.1 Å². The Morgan fingerprint density at radius 1 is 1.00 bits per heavy atom. The van der Waals surface area contributed by atoms with Crippen LogP contribution in [0.5, 0.6) is 0 Å². The summed E-state index contributed by atoms with van der Waals surface area (Å²) in [5.74, 6) is -1.83. The van der Waals surface area contributed by atoms with Crippen LogP contribution in [-0.4, -0.2) is 33.2 Å². The number of fused-ring (bicyclic) bond motifs is 1. The molecule has 36 heavy (non-hydrogen) atoms. The number of H-pyrrole nitrogens is 1. The standard InChI is InChI=1S/C30H27FN2O3/c1-18(2)19-7-9-20(10-8-19)27-26(28(34)21-11-13-23(31)14-12-21)29(35)30(36)33(27)16-15-22-17-32-25-6-4-3-5-24(22)25/h3-14,17-18,27,32,34H,15-16H2,1-2H3. The van der Waals surface area contributed by atoms with Gasteiger partial charge in [0.1, 0.15) is 11.6 Å². The van der Waals surface area contributed by atoms with Gasteiger partial charge in [-0.25, -0.2) is 4.39 Å². The van der Waals surface area contributed by atoms with Crippen molar-refractivity contribution in [3.05, 3.63) is 113 Å². The second kappa shape index (κ2) is 9.46. The molecule has 0 aliphatic carbocycles. The number of Topliss-reactive ketones (excluding diaryl/α,β-unsaturated/α-hetero) is 1. The Bertz CT molecular complexity index is 1470. The van der Waals surface area contributed by atoms with Crippen LogP contribution < -0.4 is 0 Å². The zero-order valence-electron chi connectivity index (χ0n) is 20.2. The number of aliphatic hydroxyl groups excluding tert-OH is 1. The smallest absolute Gasteiger partial charge is 0.295 e. The van der Waals surface area contributed by atoms with Gasteiger partial charge in [0.05, 0.1) is 11.6 Å². The fourth-order valence-electron chi connectivity index (χ4n) is 4.86. The van der Waals surface area contributed by atoms with Crippen molar-refractivity contribution >= 4 is 28.4 Å².